The molecule has 0 fully saturated rings. The smallest absolute Gasteiger partial charge is 0.339 e. The zero-order valence-corrected chi connectivity index (χ0v) is 13.2. The van der Waals surface area contributed by atoms with E-state index in [0.717, 1.165) is 10.4 Å². The van der Waals surface area contributed by atoms with Crippen molar-refractivity contribution in [3.63, 3.8) is 0 Å². The molecule has 0 saturated carbocycles. The third-order valence-corrected chi connectivity index (χ3v) is 4.35. The van der Waals surface area contributed by atoms with Crippen molar-refractivity contribution < 1.29 is 19.1 Å². The van der Waals surface area contributed by atoms with Crippen molar-refractivity contribution in [3.05, 3.63) is 39.2 Å². The Labute approximate surface area is 126 Å². The maximum Gasteiger partial charge on any atom is 0.339 e. The summed E-state index contributed by atoms with van der Waals surface area (Å²) in [5, 5.41) is 12.4. The van der Waals surface area contributed by atoms with Crippen LogP contribution >= 0.6 is 11.3 Å². The molecule has 0 radical (unpaired) electrons. The number of amides is 1. The molecule has 0 saturated heterocycles. The minimum atomic E-state index is -1.02. The highest BCUT2D eigenvalue weighted by Crippen LogP contribution is 2.34. The van der Waals surface area contributed by atoms with Gasteiger partial charge in [0.25, 0.3) is 5.91 Å². The van der Waals surface area contributed by atoms with Crippen molar-refractivity contribution >= 4 is 28.2 Å². The number of nitrogens with one attached hydrogen (secondary N) is 1. The maximum absolute atomic E-state index is 12.3. The van der Waals surface area contributed by atoms with E-state index in [2.05, 4.69) is 5.32 Å². The topological polar surface area (TPSA) is 79.5 Å². The minimum absolute atomic E-state index is 0.186. The van der Waals surface area contributed by atoms with Crippen LogP contribution in [0.3, 0.4) is 0 Å². The number of carboxylic acid groups (broad SMARTS) is 1. The Morgan fingerprint density at radius 3 is 2.48 bits per heavy atom. The average Bonchev–Trinajstić information content (AvgIpc) is 2.88. The van der Waals surface area contributed by atoms with E-state index >= 15 is 0 Å². The molecule has 21 heavy (non-hydrogen) atoms. The van der Waals surface area contributed by atoms with E-state index in [1.165, 1.54) is 11.3 Å². The highest BCUT2D eigenvalue weighted by molar-refractivity contribution is 7.16. The van der Waals surface area contributed by atoms with Crippen LogP contribution in [-0.2, 0) is 6.42 Å². The van der Waals surface area contributed by atoms with E-state index < -0.39 is 5.97 Å². The summed E-state index contributed by atoms with van der Waals surface area (Å²) in [5.74, 6) is -0.207. The molecular weight excluding hydrogens is 290 g/mol. The molecule has 5 nitrogen and oxygen atoms in total. The number of anilines is 1. The second-order valence-corrected chi connectivity index (χ2v) is 6.01. The number of hydrogen-bond acceptors (Lipinski definition) is 4. The molecule has 0 aromatic carbocycles. The number of aryl methyl sites for hydroxylation is 3. The molecule has 2 rings (SSSR count). The number of furan rings is 1. The van der Waals surface area contributed by atoms with Crippen molar-refractivity contribution in [2.24, 2.45) is 0 Å². The normalized spacial score (nSPS) is 10.7. The van der Waals surface area contributed by atoms with Gasteiger partial charge in [0.05, 0.1) is 11.1 Å². The maximum atomic E-state index is 12.3. The zero-order valence-electron chi connectivity index (χ0n) is 12.4. The Morgan fingerprint density at radius 1 is 1.33 bits per heavy atom. The SMILES string of the molecule is CCc1c(C)sc(NC(=O)c2cc(C)oc2C)c1C(=O)O. The number of carbonyl (C=O) groups is 2. The third kappa shape index (κ3) is 2.85. The Hall–Kier alpha value is -2.08. The second kappa shape index (κ2) is 5.73. The Bertz CT molecular complexity index is 712. The number of carbonyl (C=O) groups excluding carboxylic acids is 1. The van der Waals surface area contributed by atoms with Crippen LogP contribution in [0.2, 0.25) is 0 Å². The van der Waals surface area contributed by atoms with Gasteiger partial charge in [-0.3, -0.25) is 4.79 Å². The Kier molecular flexibility index (Phi) is 4.18. The van der Waals surface area contributed by atoms with Gasteiger partial charge in [-0.15, -0.1) is 11.3 Å². The quantitative estimate of drug-likeness (QED) is 0.901. The summed E-state index contributed by atoms with van der Waals surface area (Å²) in [6, 6.07) is 1.65. The van der Waals surface area contributed by atoms with Crippen LogP contribution in [0.1, 0.15) is 49.6 Å². The van der Waals surface area contributed by atoms with Crippen molar-refractivity contribution in [3.8, 4) is 0 Å². The van der Waals surface area contributed by atoms with E-state index in [0.29, 0.717) is 28.5 Å². The summed E-state index contributed by atoms with van der Waals surface area (Å²) in [6.45, 7) is 7.23. The fourth-order valence-corrected chi connectivity index (χ4v) is 3.48. The molecule has 2 aromatic heterocycles. The van der Waals surface area contributed by atoms with E-state index in [1.807, 2.05) is 13.8 Å². The summed E-state index contributed by atoms with van der Waals surface area (Å²) in [5.41, 5.74) is 1.38. The van der Waals surface area contributed by atoms with Crippen LogP contribution in [0, 0.1) is 20.8 Å². The number of rotatable bonds is 4. The van der Waals surface area contributed by atoms with Gasteiger partial charge in [0.15, 0.2) is 0 Å². The van der Waals surface area contributed by atoms with Crippen molar-refractivity contribution in [2.45, 2.75) is 34.1 Å². The van der Waals surface area contributed by atoms with Gasteiger partial charge < -0.3 is 14.8 Å². The molecule has 2 N–H and O–H groups in total. The largest absolute Gasteiger partial charge is 0.478 e. The van der Waals surface area contributed by atoms with Gasteiger partial charge in [-0.05, 0) is 38.8 Å². The molecule has 2 heterocycles. The molecule has 0 aliphatic rings. The number of thiophene rings is 1. The fraction of sp³-hybridized carbons (Fsp3) is 0.333. The average molecular weight is 307 g/mol. The molecule has 0 aliphatic carbocycles. The van der Waals surface area contributed by atoms with E-state index in [4.69, 9.17) is 4.42 Å². The van der Waals surface area contributed by atoms with Gasteiger partial charge in [0, 0.05) is 4.88 Å². The minimum Gasteiger partial charge on any atom is -0.478 e. The first-order valence-electron chi connectivity index (χ1n) is 6.59. The summed E-state index contributed by atoms with van der Waals surface area (Å²) in [4.78, 5) is 24.6. The first-order chi connectivity index (χ1) is 9.85. The van der Waals surface area contributed by atoms with Gasteiger partial charge in [-0.25, -0.2) is 4.79 Å². The van der Waals surface area contributed by atoms with Gasteiger partial charge in [-0.1, -0.05) is 6.92 Å². The molecule has 2 aromatic rings. The van der Waals surface area contributed by atoms with E-state index in [1.54, 1.807) is 19.9 Å². The first kappa shape index (κ1) is 15.3. The highest BCUT2D eigenvalue weighted by atomic mass is 32.1. The lowest BCUT2D eigenvalue weighted by molar-refractivity contribution is 0.0697. The summed E-state index contributed by atoms with van der Waals surface area (Å²) in [6.07, 6.45) is 0.615. The molecular formula is C15H17NO4S. The molecule has 112 valence electrons. The Morgan fingerprint density at radius 2 is 2.00 bits per heavy atom. The molecule has 6 heteroatoms. The van der Waals surface area contributed by atoms with Gasteiger partial charge in [-0.2, -0.15) is 0 Å². The Balaban J connectivity index is 2.38. The molecule has 0 spiro atoms. The molecule has 0 bridgehead atoms. The third-order valence-electron chi connectivity index (χ3n) is 3.29. The summed E-state index contributed by atoms with van der Waals surface area (Å²) >= 11 is 1.29. The van der Waals surface area contributed by atoms with Crippen LogP contribution in [0.15, 0.2) is 10.5 Å². The number of hydrogen-bond donors (Lipinski definition) is 2. The predicted octanol–water partition coefficient (Wildman–Crippen LogP) is 3.78. The van der Waals surface area contributed by atoms with E-state index in [-0.39, 0.29) is 11.5 Å². The van der Waals surface area contributed by atoms with Crippen LogP contribution < -0.4 is 5.32 Å². The highest BCUT2D eigenvalue weighted by Gasteiger charge is 2.23. The summed E-state index contributed by atoms with van der Waals surface area (Å²) in [7, 11) is 0. The lowest BCUT2D eigenvalue weighted by Crippen LogP contribution is -2.14. The first-order valence-corrected chi connectivity index (χ1v) is 7.40. The van der Waals surface area contributed by atoms with Gasteiger partial charge in [0.2, 0.25) is 0 Å². The second-order valence-electron chi connectivity index (χ2n) is 4.78. The molecule has 0 unspecified atom stereocenters. The number of carboxylic acids is 1. The van der Waals surface area contributed by atoms with Crippen LogP contribution in [0.5, 0.6) is 0 Å². The fourth-order valence-electron chi connectivity index (χ4n) is 2.35. The standard InChI is InChI=1S/C15H17NO4S/c1-5-10-9(4)21-14(12(10)15(18)19)16-13(17)11-6-7(2)20-8(11)3/h6H,5H2,1-4H3,(H,16,17)(H,18,19). The van der Waals surface area contributed by atoms with Crippen molar-refractivity contribution in [1.29, 1.82) is 0 Å². The van der Waals surface area contributed by atoms with Crippen LogP contribution in [0.25, 0.3) is 0 Å². The van der Waals surface area contributed by atoms with Crippen molar-refractivity contribution in [2.75, 3.05) is 5.32 Å². The zero-order chi connectivity index (χ0) is 15.7. The van der Waals surface area contributed by atoms with E-state index in [9.17, 15) is 14.7 Å². The number of aromatic carboxylic acids is 1. The molecule has 0 aliphatic heterocycles. The lowest BCUT2D eigenvalue weighted by atomic mass is 10.1. The molecule has 0 atom stereocenters. The molecule has 1 amide bonds. The lowest BCUT2D eigenvalue weighted by Gasteiger charge is -2.04. The monoisotopic (exact) mass is 307 g/mol. The van der Waals surface area contributed by atoms with Gasteiger partial charge >= 0.3 is 5.97 Å². The van der Waals surface area contributed by atoms with Crippen LogP contribution in [-0.4, -0.2) is 17.0 Å². The van der Waals surface area contributed by atoms with Crippen LogP contribution in [0.4, 0.5) is 5.00 Å². The summed E-state index contributed by atoms with van der Waals surface area (Å²) < 4.78 is 5.33. The predicted molar refractivity (Wildman–Crippen MR) is 81.5 cm³/mol. The van der Waals surface area contributed by atoms with Gasteiger partial charge in [0.1, 0.15) is 16.5 Å². The van der Waals surface area contributed by atoms with Crippen molar-refractivity contribution in [1.82, 2.24) is 0 Å².